The van der Waals surface area contributed by atoms with E-state index in [1.54, 1.807) is 12.3 Å². The van der Waals surface area contributed by atoms with Crippen molar-refractivity contribution in [1.82, 2.24) is 4.98 Å². The number of nitrogens with zero attached hydrogens (tertiary/aromatic N) is 1. The van der Waals surface area contributed by atoms with Gasteiger partial charge in [-0.05, 0) is 17.7 Å². The molecular weight excluding hydrogens is 258 g/mol. The number of ketones is 1. The van der Waals surface area contributed by atoms with Crippen LogP contribution in [0.25, 0.3) is 11.1 Å². The molecule has 0 unspecified atom stereocenters. The number of aromatic nitrogens is 1. The number of carbonyl (C=O) groups is 1. The minimum Gasteiger partial charge on any atom is -0.294 e. The summed E-state index contributed by atoms with van der Waals surface area (Å²) in [5.41, 5.74) is 2.38. The number of pyridine rings is 1. The molecule has 0 fully saturated rings. The molecular formula is C16H16ClNO. The highest BCUT2D eigenvalue weighted by Gasteiger charge is 2.22. The summed E-state index contributed by atoms with van der Waals surface area (Å²) >= 11 is 5.76. The first-order chi connectivity index (χ1) is 8.88. The van der Waals surface area contributed by atoms with Crippen molar-refractivity contribution < 1.29 is 4.79 Å². The predicted molar refractivity (Wildman–Crippen MR) is 78.5 cm³/mol. The Morgan fingerprint density at radius 2 is 1.58 bits per heavy atom. The van der Waals surface area contributed by atoms with E-state index >= 15 is 0 Å². The quantitative estimate of drug-likeness (QED) is 0.590. The zero-order valence-corrected chi connectivity index (χ0v) is 12.0. The van der Waals surface area contributed by atoms with Gasteiger partial charge in [0.25, 0.3) is 0 Å². The van der Waals surface area contributed by atoms with E-state index in [0.29, 0.717) is 5.15 Å². The van der Waals surface area contributed by atoms with Gasteiger partial charge in [-0.2, -0.15) is 0 Å². The molecule has 0 saturated heterocycles. The summed E-state index contributed by atoms with van der Waals surface area (Å²) in [7, 11) is 0. The predicted octanol–water partition coefficient (Wildman–Crippen LogP) is 4.63. The summed E-state index contributed by atoms with van der Waals surface area (Å²) in [6.45, 7) is 5.77. The summed E-state index contributed by atoms with van der Waals surface area (Å²) in [6, 6.07) is 11.3. The van der Waals surface area contributed by atoms with Crippen LogP contribution in [0.1, 0.15) is 31.1 Å². The number of benzene rings is 1. The van der Waals surface area contributed by atoms with Crippen LogP contribution in [0.5, 0.6) is 0 Å². The summed E-state index contributed by atoms with van der Waals surface area (Å²) in [4.78, 5) is 16.2. The van der Waals surface area contributed by atoms with Crippen molar-refractivity contribution in [3.8, 4) is 11.1 Å². The monoisotopic (exact) mass is 273 g/mol. The van der Waals surface area contributed by atoms with E-state index in [1.807, 2.05) is 51.1 Å². The fraction of sp³-hybridized carbons (Fsp3) is 0.250. The highest BCUT2D eigenvalue weighted by atomic mass is 35.5. The fourth-order valence-electron chi connectivity index (χ4n) is 1.79. The lowest BCUT2D eigenvalue weighted by molar-refractivity contribution is 0.0858. The average Bonchev–Trinajstić information content (AvgIpc) is 2.38. The van der Waals surface area contributed by atoms with Crippen LogP contribution >= 0.6 is 11.6 Å². The third kappa shape index (κ3) is 3.21. The van der Waals surface area contributed by atoms with Gasteiger partial charge in [-0.15, -0.1) is 0 Å². The Morgan fingerprint density at radius 1 is 1.00 bits per heavy atom. The van der Waals surface area contributed by atoms with Crippen LogP contribution in [-0.4, -0.2) is 10.8 Å². The molecule has 3 heteroatoms. The normalized spacial score (nSPS) is 11.4. The topological polar surface area (TPSA) is 30.0 Å². The maximum Gasteiger partial charge on any atom is 0.168 e. The largest absolute Gasteiger partial charge is 0.294 e. The lowest BCUT2D eigenvalue weighted by Crippen LogP contribution is -2.19. The molecule has 2 nitrogen and oxygen atoms in total. The molecule has 1 heterocycles. The summed E-state index contributed by atoms with van der Waals surface area (Å²) in [5, 5.41) is 0.475. The summed E-state index contributed by atoms with van der Waals surface area (Å²) in [6.07, 6.45) is 1.73. The first-order valence-corrected chi connectivity index (χ1v) is 6.52. The van der Waals surface area contributed by atoms with Gasteiger partial charge in [0.15, 0.2) is 5.78 Å². The van der Waals surface area contributed by atoms with E-state index in [0.717, 1.165) is 16.7 Å². The fourth-order valence-corrected chi connectivity index (χ4v) is 1.91. The minimum atomic E-state index is -0.358. The molecule has 0 radical (unpaired) electrons. The number of rotatable bonds is 2. The molecule has 0 N–H and O–H groups in total. The van der Waals surface area contributed by atoms with Gasteiger partial charge in [0.1, 0.15) is 5.15 Å². The standard InChI is InChI=1S/C16H16ClNO/c1-16(2,3)15(19)12-6-4-11(5-7-12)13-8-9-14(17)18-10-13/h4-10H,1-3H3. The Morgan fingerprint density at radius 3 is 2.05 bits per heavy atom. The molecule has 0 aliphatic heterocycles. The molecule has 0 atom stereocenters. The van der Waals surface area contributed by atoms with Crippen LogP contribution in [-0.2, 0) is 0 Å². The van der Waals surface area contributed by atoms with Gasteiger partial charge >= 0.3 is 0 Å². The Labute approximate surface area is 118 Å². The maximum absolute atomic E-state index is 12.1. The van der Waals surface area contributed by atoms with Gasteiger partial charge < -0.3 is 0 Å². The van der Waals surface area contributed by atoms with Gasteiger partial charge in [-0.1, -0.05) is 56.6 Å². The first kappa shape index (κ1) is 13.8. The molecule has 0 amide bonds. The lowest BCUT2D eigenvalue weighted by Gasteiger charge is -2.16. The second-order valence-corrected chi connectivity index (χ2v) is 5.91. The summed E-state index contributed by atoms with van der Waals surface area (Å²) < 4.78 is 0. The Balaban J connectivity index is 2.28. The van der Waals surface area contributed by atoms with Crippen LogP contribution in [0.15, 0.2) is 42.6 Å². The van der Waals surface area contributed by atoms with Crippen molar-refractivity contribution >= 4 is 17.4 Å². The Hall–Kier alpha value is -1.67. The van der Waals surface area contributed by atoms with Crippen LogP contribution in [0.3, 0.4) is 0 Å². The van der Waals surface area contributed by atoms with Crippen LogP contribution in [0.2, 0.25) is 5.15 Å². The Bertz CT molecular complexity index is 580. The first-order valence-electron chi connectivity index (χ1n) is 6.15. The van der Waals surface area contributed by atoms with Gasteiger partial charge in [-0.25, -0.2) is 4.98 Å². The molecule has 2 rings (SSSR count). The number of hydrogen-bond acceptors (Lipinski definition) is 2. The molecule has 0 saturated carbocycles. The smallest absolute Gasteiger partial charge is 0.168 e. The van der Waals surface area contributed by atoms with Crippen LogP contribution in [0.4, 0.5) is 0 Å². The van der Waals surface area contributed by atoms with Gasteiger partial charge in [-0.3, -0.25) is 4.79 Å². The highest BCUT2D eigenvalue weighted by Crippen LogP contribution is 2.24. The number of halogens is 1. The van der Waals surface area contributed by atoms with E-state index in [2.05, 4.69) is 4.98 Å². The SMILES string of the molecule is CC(C)(C)C(=O)c1ccc(-c2ccc(Cl)nc2)cc1. The molecule has 0 bridgehead atoms. The van der Waals surface area contributed by atoms with Crippen LogP contribution < -0.4 is 0 Å². The minimum absolute atomic E-state index is 0.147. The highest BCUT2D eigenvalue weighted by molar-refractivity contribution is 6.29. The van der Waals surface area contributed by atoms with Gasteiger partial charge in [0.05, 0.1) is 0 Å². The number of hydrogen-bond donors (Lipinski definition) is 0. The van der Waals surface area contributed by atoms with E-state index in [9.17, 15) is 4.79 Å². The van der Waals surface area contributed by atoms with E-state index in [-0.39, 0.29) is 11.2 Å². The van der Waals surface area contributed by atoms with Crippen LogP contribution in [0, 0.1) is 5.41 Å². The molecule has 0 spiro atoms. The van der Waals surface area contributed by atoms with Gasteiger partial charge in [0, 0.05) is 22.7 Å². The van der Waals surface area contributed by atoms with E-state index in [1.165, 1.54) is 0 Å². The molecule has 1 aromatic carbocycles. The van der Waals surface area contributed by atoms with Crippen molar-refractivity contribution in [2.75, 3.05) is 0 Å². The van der Waals surface area contributed by atoms with Gasteiger partial charge in [0.2, 0.25) is 0 Å². The zero-order valence-electron chi connectivity index (χ0n) is 11.3. The molecule has 2 aromatic rings. The number of Topliss-reactive ketones (excluding diaryl/α,β-unsaturated/α-hetero) is 1. The molecule has 0 aliphatic carbocycles. The Kier molecular flexibility index (Phi) is 3.72. The van der Waals surface area contributed by atoms with Crippen molar-refractivity contribution in [3.63, 3.8) is 0 Å². The molecule has 19 heavy (non-hydrogen) atoms. The second-order valence-electron chi connectivity index (χ2n) is 5.53. The molecule has 1 aromatic heterocycles. The van der Waals surface area contributed by atoms with Crippen molar-refractivity contribution in [3.05, 3.63) is 53.3 Å². The molecule has 0 aliphatic rings. The second kappa shape index (κ2) is 5.14. The lowest BCUT2D eigenvalue weighted by atomic mass is 9.86. The van der Waals surface area contributed by atoms with Crippen molar-refractivity contribution in [2.45, 2.75) is 20.8 Å². The average molecular weight is 274 g/mol. The maximum atomic E-state index is 12.1. The summed E-state index contributed by atoms with van der Waals surface area (Å²) in [5.74, 6) is 0.147. The van der Waals surface area contributed by atoms with E-state index in [4.69, 9.17) is 11.6 Å². The van der Waals surface area contributed by atoms with Crippen molar-refractivity contribution in [2.24, 2.45) is 5.41 Å². The third-order valence-electron chi connectivity index (χ3n) is 2.89. The zero-order chi connectivity index (χ0) is 14.0. The van der Waals surface area contributed by atoms with E-state index < -0.39 is 0 Å². The third-order valence-corrected chi connectivity index (χ3v) is 3.11. The number of carbonyl (C=O) groups excluding carboxylic acids is 1. The van der Waals surface area contributed by atoms with Crippen molar-refractivity contribution in [1.29, 1.82) is 0 Å². The molecule has 98 valence electrons.